The smallest absolute Gasteiger partial charge is 0.303 e. The zero-order valence-corrected chi connectivity index (χ0v) is 11.8. The number of carbonyl (C=O) groups is 2. The van der Waals surface area contributed by atoms with Gasteiger partial charge in [0.05, 0.1) is 18.9 Å². The van der Waals surface area contributed by atoms with Gasteiger partial charge in [-0.15, -0.1) is 0 Å². The zero-order chi connectivity index (χ0) is 14.8. The van der Waals surface area contributed by atoms with Crippen LogP contribution in [0.1, 0.15) is 52.9 Å². The van der Waals surface area contributed by atoms with Gasteiger partial charge in [-0.3, -0.25) is 9.59 Å². The van der Waals surface area contributed by atoms with Gasteiger partial charge in [-0.25, -0.2) is 0 Å². The molecule has 110 valence electrons. The molecule has 0 spiro atoms. The molecule has 0 aromatic rings. The van der Waals surface area contributed by atoms with E-state index in [2.05, 4.69) is 20.8 Å². The summed E-state index contributed by atoms with van der Waals surface area (Å²) >= 11 is 0. The number of carboxylic acids is 2. The molecule has 3 unspecified atom stereocenters. The molecule has 2 aliphatic carbocycles. The van der Waals surface area contributed by atoms with E-state index in [0.29, 0.717) is 5.41 Å². The molecule has 2 bridgehead atoms. The predicted octanol–water partition coefficient (Wildman–Crippen LogP) is 2.13. The van der Waals surface area contributed by atoms with Crippen molar-refractivity contribution in [2.45, 2.75) is 59.0 Å². The van der Waals surface area contributed by atoms with Gasteiger partial charge >= 0.3 is 11.9 Å². The summed E-state index contributed by atoms with van der Waals surface area (Å²) in [7, 11) is 0. The summed E-state index contributed by atoms with van der Waals surface area (Å²) in [5.74, 6) is -1.37. The molecule has 19 heavy (non-hydrogen) atoms. The molecule has 0 amide bonds. The second-order valence-electron chi connectivity index (χ2n) is 6.41. The molecule has 2 fully saturated rings. The highest BCUT2D eigenvalue weighted by molar-refractivity contribution is 5.75. The molecule has 0 aliphatic heterocycles. The van der Waals surface area contributed by atoms with Crippen LogP contribution in [0.2, 0.25) is 0 Å². The Morgan fingerprint density at radius 2 is 1.58 bits per heavy atom. The van der Waals surface area contributed by atoms with Gasteiger partial charge in [0.25, 0.3) is 0 Å². The molecule has 5 nitrogen and oxygen atoms in total. The monoisotopic (exact) mass is 272 g/mol. The first-order valence-electron chi connectivity index (χ1n) is 6.73. The summed E-state index contributed by atoms with van der Waals surface area (Å²) in [4.78, 5) is 19.3. The average molecular weight is 272 g/mol. The maximum absolute atomic E-state index is 9.81. The van der Waals surface area contributed by atoms with Crippen molar-refractivity contribution in [2.24, 2.45) is 16.7 Å². The Morgan fingerprint density at radius 3 is 1.74 bits per heavy atom. The lowest BCUT2D eigenvalue weighted by atomic mass is 9.70. The third-order valence-corrected chi connectivity index (χ3v) is 5.30. The van der Waals surface area contributed by atoms with Crippen molar-refractivity contribution in [3.63, 3.8) is 0 Å². The molecule has 0 saturated heterocycles. The number of hydrogen-bond donors (Lipinski definition) is 3. The van der Waals surface area contributed by atoms with Crippen molar-refractivity contribution >= 4 is 11.9 Å². The Kier molecular flexibility index (Phi) is 4.61. The van der Waals surface area contributed by atoms with E-state index >= 15 is 0 Å². The fourth-order valence-electron chi connectivity index (χ4n) is 3.38. The molecule has 0 aromatic heterocycles. The van der Waals surface area contributed by atoms with E-state index in [1.165, 1.54) is 12.8 Å². The topological polar surface area (TPSA) is 94.8 Å². The van der Waals surface area contributed by atoms with Crippen LogP contribution in [0.3, 0.4) is 0 Å². The van der Waals surface area contributed by atoms with Crippen molar-refractivity contribution in [1.82, 2.24) is 0 Å². The summed E-state index contributed by atoms with van der Waals surface area (Å²) in [5, 5.41) is 25.6. The minimum atomic E-state index is -1.08. The first kappa shape index (κ1) is 16.0. The molecular weight excluding hydrogens is 248 g/mol. The van der Waals surface area contributed by atoms with Crippen LogP contribution in [0, 0.1) is 16.7 Å². The third kappa shape index (κ3) is 3.08. The van der Waals surface area contributed by atoms with Crippen LogP contribution in [0.5, 0.6) is 0 Å². The minimum absolute atomic E-state index is 0.0313. The number of rotatable bonds is 3. The van der Waals surface area contributed by atoms with E-state index in [9.17, 15) is 14.7 Å². The highest BCUT2D eigenvalue weighted by Gasteiger charge is 2.60. The molecule has 0 aromatic carbocycles. The Bertz CT molecular complexity index is 349. The number of fused-ring (bicyclic) bond motifs is 2. The summed E-state index contributed by atoms with van der Waals surface area (Å²) < 4.78 is 0. The van der Waals surface area contributed by atoms with Crippen LogP contribution in [-0.4, -0.2) is 33.4 Å². The quantitative estimate of drug-likeness (QED) is 0.731. The van der Waals surface area contributed by atoms with Gasteiger partial charge in [0, 0.05) is 0 Å². The van der Waals surface area contributed by atoms with Crippen LogP contribution in [-0.2, 0) is 9.59 Å². The number of hydrogen-bond acceptors (Lipinski definition) is 3. The maximum atomic E-state index is 9.81. The van der Waals surface area contributed by atoms with Gasteiger partial charge < -0.3 is 15.3 Å². The van der Waals surface area contributed by atoms with Gasteiger partial charge in [0.2, 0.25) is 0 Å². The molecule has 2 rings (SSSR count). The van der Waals surface area contributed by atoms with E-state index in [-0.39, 0.29) is 24.4 Å². The van der Waals surface area contributed by atoms with Crippen LogP contribution in [0.4, 0.5) is 0 Å². The Morgan fingerprint density at radius 1 is 1.11 bits per heavy atom. The second kappa shape index (κ2) is 5.49. The number of aliphatic hydroxyl groups excluding tert-OH is 1. The first-order valence-corrected chi connectivity index (χ1v) is 6.73. The van der Waals surface area contributed by atoms with E-state index in [0.717, 1.165) is 12.3 Å². The standard InChI is InChI=1S/C10H18O.C4H6O4/c1-9(2)7-4-5-10(9,3)8(11)6-7;5-3(6)1-2-4(7)8/h7-8,11H,4-6H2,1-3H3;1-2H2,(H,5,6)(H,7,8). The molecule has 5 heteroatoms. The largest absolute Gasteiger partial charge is 0.481 e. The molecule has 3 atom stereocenters. The van der Waals surface area contributed by atoms with Crippen LogP contribution in [0.25, 0.3) is 0 Å². The van der Waals surface area contributed by atoms with E-state index in [1.807, 2.05) is 0 Å². The van der Waals surface area contributed by atoms with Crippen molar-refractivity contribution in [1.29, 1.82) is 0 Å². The summed E-state index contributed by atoms with van der Waals surface area (Å²) in [5.41, 5.74) is 0.601. The summed E-state index contributed by atoms with van der Waals surface area (Å²) in [6, 6.07) is 0. The summed E-state index contributed by atoms with van der Waals surface area (Å²) in [6.07, 6.45) is 2.98. The average Bonchev–Trinajstić information content (AvgIpc) is 2.60. The highest BCUT2D eigenvalue weighted by atomic mass is 16.4. The van der Waals surface area contributed by atoms with Gasteiger partial charge in [-0.2, -0.15) is 0 Å². The normalized spacial score (nSPS) is 34.5. The third-order valence-electron chi connectivity index (χ3n) is 5.30. The van der Waals surface area contributed by atoms with Crippen molar-refractivity contribution in [3.05, 3.63) is 0 Å². The highest BCUT2D eigenvalue weighted by Crippen LogP contribution is 2.65. The summed E-state index contributed by atoms with van der Waals surface area (Å²) in [6.45, 7) is 6.90. The maximum Gasteiger partial charge on any atom is 0.303 e. The zero-order valence-electron chi connectivity index (χ0n) is 11.8. The number of aliphatic carboxylic acids is 2. The lowest BCUT2D eigenvalue weighted by molar-refractivity contribution is -0.143. The predicted molar refractivity (Wildman–Crippen MR) is 69.7 cm³/mol. The van der Waals surface area contributed by atoms with Crippen LogP contribution < -0.4 is 0 Å². The first-order chi connectivity index (χ1) is 8.61. The van der Waals surface area contributed by atoms with Gasteiger partial charge in [-0.05, 0) is 36.0 Å². The van der Waals surface area contributed by atoms with Crippen LogP contribution in [0.15, 0.2) is 0 Å². The molecule has 0 radical (unpaired) electrons. The van der Waals surface area contributed by atoms with Crippen molar-refractivity contribution in [2.75, 3.05) is 0 Å². The Labute approximate surface area is 113 Å². The lowest BCUT2D eigenvalue weighted by Gasteiger charge is -2.36. The van der Waals surface area contributed by atoms with Gasteiger partial charge in [-0.1, -0.05) is 20.8 Å². The molecule has 2 saturated carbocycles. The Hall–Kier alpha value is -1.10. The number of carboxylic acid groups (broad SMARTS) is 2. The van der Waals surface area contributed by atoms with Crippen LogP contribution >= 0.6 is 0 Å². The van der Waals surface area contributed by atoms with E-state index < -0.39 is 11.9 Å². The van der Waals surface area contributed by atoms with E-state index in [1.54, 1.807) is 0 Å². The fourth-order valence-corrected chi connectivity index (χ4v) is 3.38. The molecule has 3 N–H and O–H groups in total. The molecule has 2 aliphatic rings. The SMILES string of the molecule is CC1(C)C2CCC1(C)C(O)C2.O=C(O)CCC(=O)O. The molecular formula is C14H24O5. The fraction of sp³-hybridized carbons (Fsp3) is 0.857. The van der Waals surface area contributed by atoms with Gasteiger partial charge in [0.15, 0.2) is 0 Å². The minimum Gasteiger partial charge on any atom is -0.481 e. The van der Waals surface area contributed by atoms with E-state index in [4.69, 9.17) is 10.2 Å². The second-order valence-corrected chi connectivity index (χ2v) is 6.41. The van der Waals surface area contributed by atoms with Crippen molar-refractivity contribution < 1.29 is 24.9 Å². The lowest BCUT2D eigenvalue weighted by Crippen LogP contribution is -2.35. The van der Waals surface area contributed by atoms with Crippen molar-refractivity contribution in [3.8, 4) is 0 Å². The molecule has 0 heterocycles. The number of aliphatic hydroxyl groups is 1. The van der Waals surface area contributed by atoms with Gasteiger partial charge in [0.1, 0.15) is 0 Å². The Balaban J connectivity index is 0.000000203.